The van der Waals surface area contributed by atoms with Gasteiger partial charge in [-0.15, -0.1) is 0 Å². The fourth-order valence-corrected chi connectivity index (χ4v) is 3.46. The number of pyridine rings is 1. The molecule has 0 aliphatic carbocycles. The van der Waals surface area contributed by atoms with Gasteiger partial charge in [-0.3, -0.25) is 9.78 Å². The van der Waals surface area contributed by atoms with Crippen molar-refractivity contribution in [2.75, 3.05) is 32.1 Å². The van der Waals surface area contributed by atoms with E-state index in [1.165, 1.54) is 0 Å². The molecule has 3 heterocycles. The van der Waals surface area contributed by atoms with Crippen LogP contribution in [0.25, 0.3) is 0 Å². The van der Waals surface area contributed by atoms with Crippen LogP contribution in [-0.2, 0) is 0 Å². The molecule has 0 aromatic carbocycles. The van der Waals surface area contributed by atoms with E-state index < -0.39 is 0 Å². The van der Waals surface area contributed by atoms with E-state index in [4.69, 9.17) is 4.74 Å². The fraction of sp³-hybridized carbons (Fsp3) is 0.500. The van der Waals surface area contributed by atoms with Crippen LogP contribution < -0.4 is 20.3 Å². The number of hydrogen-bond acceptors (Lipinski definition) is 7. The third-order valence-electron chi connectivity index (χ3n) is 5.24. The van der Waals surface area contributed by atoms with E-state index in [0.717, 1.165) is 47.9 Å². The highest BCUT2D eigenvalue weighted by molar-refractivity contribution is 5.90. The Hall–Kier alpha value is -2.74. The molecule has 28 heavy (non-hydrogen) atoms. The number of nitrogens with one attached hydrogen (secondary N) is 2. The average molecular weight is 384 g/mol. The summed E-state index contributed by atoms with van der Waals surface area (Å²) in [6, 6.07) is 2.48. The molecule has 1 aliphatic heterocycles. The van der Waals surface area contributed by atoms with E-state index in [2.05, 4.69) is 37.4 Å². The number of methoxy groups -OCH3 is 1. The summed E-state index contributed by atoms with van der Waals surface area (Å²) in [7, 11) is 3.23. The van der Waals surface area contributed by atoms with Crippen molar-refractivity contribution in [3.8, 4) is 5.75 Å². The molecule has 0 radical (unpaired) electrons. The van der Waals surface area contributed by atoms with Crippen molar-refractivity contribution in [1.82, 2.24) is 25.6 Å². The second-order valence-electron chi connectivity index (χ2n) is 7.14. The maximum absolute atomic E-state index is 12.0. The predicted molar refractivity (Wildman–Crippen MR) is 108 cm³/mol. The molecule has 2 aromatic heterocycles. The van der Waals surface area contributed by atoms with E-state index in [1.807, 2.05) is 26.1 Å². The first-order chi connectivity index (χ1) is 13.4. The molecule has 0 saturated carbocycles. The first-order valence-electron chi connectivity index (χ1n) is 9.50. The SMILES string of the molecule is CNC(=O)c1nc(C)c(C)c(N2CC[C@@H](NC(C)c3cncc(OC)c3)C2)n1. The maximum atomic E-state index is 12.0. The van der Waals surface area contributed by atoms with Gasteiger partial charge in [-0.1, -0.05) is 0 Å². The molecule has 2 N–H and O–H groups in total. The lowest BCUT2D eigenvalue weighted by Crippen LogP contribution is -2.35. The zero-order chi connectivity index (χ0) is 20.3. The molecule has 8 heteroatoms. The monoisotopic (exact) mass is 384 g/mol. The highest BCUT2D eigenvalue weighted by Gasteiger charge is 2.27. The number of anilines is 1. The molecule has 0 bridgehead atoms. The molecule has 1 amide bonds. The number of aryl methyl sites for hydroxylation is 1. The van der Waals surface area contributed by atoms with Crippen molar-refractivity contribution in [1.29, 1.82) is 0 Å². The van der Waals surface area contributed by atoms with Crippen LogP contribution >= 0.6 is 0 Å². The first kappa shape index (κ1) is 20.0. The number of hydrogen-bond donors (Lipinski definition) is 2. The summed E-state index contributed by atoms with van der Waals surface area (Å²) < 4.78 is 5.27. The smallest absolute Gasteiger partial charge is 0.288 e. The van der Waals surface area contributed by atoms with Gasteiger partial charge in [-0.05, 0) is 38.8 Å². The fourth-order valence-electron chi connectivity index (χ4n) is 3.46. The Labute approximate surface area is 165 Å². The lowest BCUT2D eigenvalue weighted by atomic mass is 10.1. The lowest BCUT2D eigenvalue weighted by molar-refractivity contribution is 0.0952. The van der Waals surface area contributed by atoms with Gasteiger partial charge in [0, 0.05) is 49.7 Å². The Bertz CT molecular complexity index is 857. The van der Waals surface area contributed by atoms with Gasteiger partial charge in [0.25, 0.3) is 5.91 Å². The molecule has 1 unspecified atom stereocenters. The van der Waals surface area contributed by atoms with Crippen LogP contribution in [-0.4, -0.2) is 54.1 Å². The van der Waals surface area contributed by atoms with E-state index >= 15 is 0 Å². The summed E-state index contributed by atoms with van der Waals surface area (Å²) in [5.74, 6) is 1.55. The number of amides is 1. The van der Waals surface area contributed by atoms with Gasteiger partial charge in [0.2, 0.25) is 5.82 Å². The molecule has 1 fully saturated rings. The van der Waals surface area contributed by atoms with Gasteiger partial charge in [-0.25, -0.2) is 9.97 Å². The van der Waals surface area contributed by atoms with Crippen LogP contribution in [0.4, 0.5) is 5.82 Å². The summed E-state index contributed by atoms with van der Waals surface area (Å²) in [6.45, 7) is 7.75. The maximum Gasteiger partial charge on any atom is 0.288 e. The van der Waals surface area contributed by atoms with Crippen molar-refractivity contribution in [3.63, 3.8) is 0 Å². The second-order valence-corrected chi connectivity index (χ2v) is 7.14. The Morgan fingerprint density at radius 2 is 2.11 bits per heavy atom. The molecule has 8 nitrogen and oxygen atoms in total. The zero-order valence-electron chi connectivity index (χ0n) is 17.1. The first-order valence-corrected chi connectivity index (χ1v) is 9.50. The Kier molecular flexibility index (Phi) is 6.08. The van der Waals surface area contributed by atoms with Gasteiger partial charge < -0.3 is 20.3 Å². The minimum absolute atomic E-state index is 0.155. The van der Waals surface area contributed by atoms with Crippen molar-refractivity contribution < 1.29 is 9.53 Å². The van der Waals surface area contributed by atoms with Gasteiger partial charge in [-0.2, -0.15) is 0 Å². The normalized spacial score (nSPS) is 17.5. The van der Waals surface area contributed by atoms with Gasteiger partial charge in [0.05, 0.1) is 13.3 Å². The second kappa shape index (κ2) is 8.52. The largest absolute Gasteiger partial charge is 0.495 e. The van der Waals surface area contributed by atoms with E-state index in [-0.39, 0.29) is 17.8 Å². The van der Waals surface area contributed by atoms with E-state index in [0.29, 0.717) is 6.04 Å². The van der Waals surface area contributed by atoms with E-state index in [9.17, 15) is 4.79 Å². The summed E-state index contributed by atoms with van der Waals surface area (Å²) in [5, 5.41) is 6.27. The molecule has 0 spiro atoms. The van der Waals surface area contributed by atoms with E-state index in [1.54, 1.807) is 20.4 Å². The summed E-state index contributed by atoms with van der Waals surface area (Å²) in [4.78, 5) is 27.3. The minimum atomic E-state index is -0.266. The third kappa shape index (κ3) is 4.22. The number of aromatic nitrogens is 3. The molecular weight excluding hydrogens is 356 g/mol. The Morgan fingerprint density at radius 3 is 2.82 bits per heavy atom. The number of ether oxygens (including phenoxy) is 1. The molecule has 1 saturated heterocycles. The zero-order valence-corrected chi connectivity index (χ0v) is 17.1. The number of rotatable bonds is 6. The van der Waals surface area contributed by atoms with Crippen LogP contribution in [0.15, 0.2) is 18.5 Å². The molecule has 2 aromatic rings. The minimum Gasteiger partial charge on any atom is -0.495 e. The summed E-state index contributed by atoms with van der Waals surface area (Å²) >= 11 is 0. The highest BCUT2D eigenvalue weighted by Crippen LogP contribution is 2.25. The van der Waals surface area contributed by atoms with Gasteiger partial charge >= 0.3 is 0 Å². The van der Waals surface area contributed by atoms with Crippen LogP contribution in [0, 0.1) is 13.8 Å². The van der Waals surface area contributed by atoms with Gasteiger partial charge in [0.1, 0.15) is 11.6 Å². The number of carbonyl (C=O) groups excluding carboxylic acids is 1. The highest BCUT2D eigenvalue weighted by atomic mass is 16.5. The molecule has 150 valence electrons. The van der Waals surface area contributed by atoms with Crippen LogP contribution in [0.2, 0.25) is 0 Å². The summed E-state index contributed by atoms with van der Waals surface area (Å²) in [6.07, 6.45) is 4.57. The average Bonchev–Trinajstić information content (AvgIpc) is 3.17. The Balaban J connectivity index is 1.71. The number of nitrogens with zero attached hydrogens (tertiary/aromatic N) is 4. The predicted octanol–water partition coefficient (Wildman–Crippen LogP) is 1.79. The van der Waals surface area contributed by atoms with Crippen molar-refractivity contribution >= 4 is 11.7 Å². The van der Waals surface area contributed by atoms with Crippen LogP contribution in [0.5, 0.6) is 5.75 Å². The molecule has 2 atom stereocenters. The van der Waals surface area contributed by atoms with Crippen molar-refractivity contribution in [2.24, 2.45) is 0 Å². The lowest BCUT2D eigenvalue weighted by Gasteiger charge is -2.23. The summed E-state index contributed by atoms with van der Waals surface area (Å²) in [5.41, 5.74) is 2.93. The molecular formula is C20H28N6O2. The van der Waals surface area contributed by atoms with Crippen molar-refractivity contribution in [3.05, 3.63) is 41.1 Å². The quantitative estimate of drug-likeness (QED) is 0.784. The number of carbonyl (C=O) groups is 1. The molecule has 1 aliphatic rings. The van der Waals surface area contributed by atoms with Crippen LogP contribution in [0.3, 0.4) is 0 Å². The van der Waals surface area contributed by atoms with Crippen LogP contribution in [0.1, 0.15) is 46.8 Å². The topological polar surface area (TPSA) is 92.3 Å². The third-order valence-corrected chi connectivity index (χ3v) is 5.24. The van der Waals surface area contributed by atoms with Crippen molar-refractivity contribution in [2.45, 2.75) is 39.3 Å². The van der Waals surface area contributed by atoms with Gasteiger partial charge in [0.15, 0.2) is 0 Å². The molecule has 3 rings (SSSR count). The standard InChI is InChI=1S/C20H28N6O2/c1-12-13(2)24-18(20(27)21-4)25-19(12)26-7-6-16(11-26)23-14(3)15-8-17(28-5)10-22-9-15/h8-10,14,16,23H,6-7,11H2,1-5H3,(H,21,27)/t14?,16-/m1/s1. The Morgan fingerprint density at radius 1 is 1.32 bits per heavy atom.